The van der Waals surface area contributed by atoms with E-state index in [2.05, 4.69) is 4.90 Å². The van der Waals surface area contributed by atoms with Gasteiger partial charge in [0, 0.05) is 31.7 Å². The zero-order valence-electron chi connectivity index (χ0n) is 19.9. The summed E-state index contributed by atoms with van der Waals surface area (Å²) in [5.41, 5.74) is 2.23. The molecule has 2 aromatic carbocycles. The number of aryl methyl sites for hydroxylation is 1. The molecule has 1 amide bonds. The molecule has 0 spiro atoms. The van der Waals surface area contributed by atoms with Crippen molar-refractivity contribution in [2.45, 2.75) is 26.3 Å². The van der Waals surface area contributed by atoms with Crippen LogP contribution < -0.4 is 4.74 Å². The van der Waals surface area contributed by atoms with Gasteiger partial charge in [-0.05, 0) is 31.0 Å². The standard InChI is InChI=1S/C27H32N2O5/c1-3-16-34-22-10-8-20(9-11-22)24-23(25(30)21-6-4-19(2)5-7-21)26(31)27(32)29(24)13-12-28-14-17-33-18-15-28/h4-11,23-24H,3,12-18H2,1-2H3. The number of rotatable bonds is 9. The Morgan fingerprint density at radius 3 is 2.32 bits per heavy atom. The van der Waals surface area contributed by atoms with Crippen LogP contribution in [0.4, 0.5) is 0 Å². The van der Waals surface area contributed by atoms with Gasteiger partial charge in [-0.25, -0.2) is 0 Å². The van der Waals surface area contributed by atoms with Gasteiger partial charge in [-0.3, -0.25) is 19.3 Å². The largest absolute Gasteiger partial charge is 0.494 e. The molecule has 2 atom stereocenters. The summed E-state index contributed by atoms with van der Waals surface area (Å²) in [7, 11) is 0. The first-order valence-corrected chi connectivity index (χ1v) is 12.0. The fraction of sp³-hybridized carbons (Fsp3) is 0.444. The lowest BCUT2D eigenvalue weighted by molar-refractivity contribution is -0.141. The van der Waals surface area contributed by atoms with Crippen molar-refractivity contribution in [1.29, 1.82) is 0 Å². The van der Waals surface area contributed by atoms with Gasteiger partial charge in [0.25, 0.3) is 5.91 Å². The van der Waals surface area contributed by atoms with E-state index in [4.69, 9.17) is 9.47 Å². The highest BCUT2D eigenvalue weighted by molar-refractivity contribution is 6.44. The Labute approximate surface area is 200 Å². The Morgan fingerprint density at radius 1 is 1.00 bits per heavy atom. The van der Waals surface area contributed by atoms with Crippen molar-refractivity contribution in [3.05, 3.63) is 65.2 Å². The maximum Gasteiger partial charge on any atom is 0.291 e. The third-order valence-electron chi connectivity index (χ3n) is 6.48. The summed E-state index contributed by atoms with van der Waals surface area (Å²) in [6.07, 6.45) is 0.899. The predicted octanol–water partition coefficient (Wildman–Crippen LogP) is 3.07. The molecule has 2 unspecified atom stereocenters. The van der Waals surface area contributed by atoms with Gasteiger partial charge in [0.15, 0.2) is 5.78 Å². The SMILES string of the molecule is CCCOc1ccc(C2C(C(=O)c3ccc(C)cc3)C(=O)C(=O)N2CCN2CCOCC2)cc1. The van der Waals surface area contributed by atoms with E-state index in [0.29, 0.717) is 38.5 Å². The average Bonchev–Trinajstić information content (AvgIpc) is 3.12. The van der Waals surface area contributed by atoms with E-state index in [9.17, 15) is 14.4 Å². The summed E-state index contributed by atoms with van der Waals surface area (Å²) >= 11 is 0. The molecule has 7 nitrogen and oxygen atoms in total. The zero-order chi connectivity index (χ0) is 24.1. The Hall–Kier alpha value is -3.03. The summed E-state index contributed by atoms with van der Waals surface area (Å²) in [5.74, 6) is -1.88. The molecular formula is C27H32N2O5. The average molecular weight is 465 g/mol. The van der Waals surface area contributed by atoms with Crippen molar-refractivity contribution < 1.29 is 23.9 Å². The van der Waals surface area contributed by atoms with Crippen molar-refractivity contribution in [1.82, 2.24) is 9.80 Å². The van der Waals surface area contributed by atoms with Crippen molar-refractivity contribution >= 4 is 17.5 Å². The molecule has 2 fully saturated rings. The van der Waals surface area contributed by atoms with Crippen LogP contribution in [0.1, 0.15) is 40.9 Å². The molecule has 7 heteroatoms. The monoisotopic (exact) mass is 464 g/mol. The Morgan fingerprint density at radius 2 is 1.68 bits per heavy atom. The van der Waals surface area contributed by atoms with E-state index in [-0.39, 0.29) is 5.78 Å². The normalized spacial score (nSPS) is 21.2. The van der Waals surface area contributed by atoms with Gasteiger partial charge in [-0.2, -0.15) is 0 Å². The second-order valence-electron chi connectivity index (χ2n) is 8.89. The molecular weight excluding hydrogens is 432 g/mol. The summed E-state index contributed by atoms with van der Waals surface area (Å²) in [4.78, 5) is 43.6. The van der Waals surface area contributed by atoms with Gasteiger partial charge < -0.3 is 14.4 Å². The van der Waals surface area contributed by atoms with E-state index in [1.54, 1.807) is 17.0 Å². The first-order valence-electron chi connectivity index (χ1n) is 12.0. The van der Waals surface area contributed by atoms with E-state index >= 15 is 0 Å². The van der Waals surface area contributed by atoms with Crippen molar-refractivity contribution in [3.63, 3.8) is 0 Å². The van der Waals surface area contributed by atoms with E-state index in [1.165, 1.54) is 0 Å². The molecule has 180 valence electrons. The first-order chi connectivity index (χ1) is 16.5. The van der Waals surface area contributed by atoms with E-state index in [0.717, 1.165) is 36.4 Å². The van der Waals surface area contributed by atoms with Crippen LogP contribution in [0.3, 0.4) is 0 Å². The molecule has 0 aromatic heterocycles. The highest BCUT2D eigenvalue weighted by atomic mass is 16.5. The third kappa shape index (κ3) is 5.21. The first kappa shape index (κ1) is 24.1. The quantitative estimate of drug-likeness (QED) is 0.323. The Kier molecular flexibility index (Phi) is 7.75. The molecule has 2 saturated heterocycles. The van der Waals surface area contributed by atoms with Crippen LogP contribution in [0.25, 0.3) is 0 Å². The van der Waals surface area contributed by atoms with Gasteiger partial charge in [0.05, 0.1) is 25.9 Å². The lowest BCUT2D eigenvalue weighted by Gasteiger charge is -2.31. The lowest BCUT2D eigenvalue weighted by Crippen LogP contribution is -2.42. The number of Topliss-reactive ketones (excluding diaryl/α,β-unsaturated/α-hetero) is 2. The van der Waals surface area contributed by atoms with Crippen LogP contribution in [0.15, 0.2) is 48.5 Å². The molecule has 2 aromatic rings. The van der Waals surface area contributed by atoms with Crippen molar-refractivity contribution in [2.75, 3.05) is 46.0 Å². The second-order valence-corrected chi connectivity index (χ2v) is 8.89. The number of likely N-dealkylation sites (tertiary alicyclic amines) is 1. The fourth-order valence-corrected chi connectivity index (χ4v) is 4.55. The number of ketones is 2. The summed E-state index contributed by atoms with van der Waals surface area (Å²) in [6.45, 7) is 8.48. The number of morpholine rings is 1. The number of carbonyl (C=O) groups excluding carboxylic acids is 3. The second kappa shape index (κ2) is 10.9. The molecule has 0 aliphatic carbocycles. The van der Waals surface area contributed by atoms with E-state index < -0.39 is 23.7 Å². The van der Waals surface area contributed by atoms with Gasteiger partial charge in [-0.1, -0.05) is 48.9 Å². The summed E-state index contributed by atoms with van der Waals surface area (Å²) in [5, 5.41) is 0. The number of hydrogen-bond acceptors (Lipinski definition) is 6. The predicted molar refractivity (Wildman–Crippen MR) is 128 cm³/mol. The van der Waals surface area contributed by atoms with Crippen LogP contribution in [-0.4, -0.2) is 73.3 Å². The minimum absolute atomic E-state index is 0.316. The Bertz CT molecular complexity index is 1010. The highest BCUT2D eigenvalue weighted by Crippen LogP contribution is 2.38. The molecule has 2 aliphatic heterocycles. The van der Waals surface area contributed by atoms with Gasteiger partial charge >= 0.3 is 0 Å². The molecule has 0 saturated carbocycles. The molecule has 4 rings (SSSR count). The number of ether oxygens (including phenoxy) is 2. The van der Waals surface area contributed by atoms with E-state index in [1.807, 2.05) is 50.2 Å². The summed E-state index contributed by atoms with van der Waals surface area (Å²) in [6, 6.07) is 13.9. The molecule has 0 N–H and O–H groups in total. The molecule has 2 aliphatic rings. The number of amides is 1. The maximum absolute atomic E-state index is 13.5. The van der Waals surface area contributed by atoms with Gasteiger partial charge in [0.1, 0.15) is 11.7 Å². The lowest BCUT2D eigenvalue weighted by atomic mass is 9.86. The van der Waals surface area contributed by atoms with Gasteiger partial charge in [-0.15, -0.1) is 0 Å². The molecule has 34 heavy (non-hydrogen) atoms. The third-order valence-corrected chi connectivity index (χ3v) is 6.48. The molecule has 0 bridgehead atoms. The highest BCUT2D eigenvalue weighted by Gasteiger charge is 2.51. The van der Waals surface area contributed by atoms with Crippen molar-refractivity contribution in [2.24, 2.45) is 5.92 Å². The number of nitrogens with zero attached hydrogens (tertiary/aromatic N) is 2. The topological polar surface area (TPSA) is 76.2 Å². The molecule has 2 heterocycles. The van der Waals surface area contributed by atoms with Crippen LogP contribution >= 0.6 is 0 Å². The summed E-state index contributed by atoms with van der Waals surface area (Å²) < 4.78 is 11.1. The van der Waals surface area contributed by atoms with Crippen molar-refractivity contribution in [3.8, 4) is 5.75 Å². The minimum atomic E-state index is -1.07. The zero-order valence-corrected chi connectivity index (χ0v) is 19.9. The van der Waals surface area contributed by atoms with Crippen LogP contribution in [0.5, 0.6) is 5.75 Å². The number of carbonyl (C=O) groups is 3. The van der Waals surface area contributed by atoms with Crippen LogP contribution in [0, 0.1) is 12.8 Å². The molecule has 0 radical (unpaired) electrons. The maximum atomic E-state index is 13.5. The number of benzene rings is 2. The van der Waals surface area contributed by atoms with Crippen LogP contribution in [0.2, 0.25) is 0 Å². The number of hydrogen-bond donors (Lipinski definition) is 0. The fourth-order valence-electron chi connectivity index (χ4n) is 4.55. The van der Waals surface area contributed by atoms with Crippen LogP contribution in [-0.2, 0) is 14.3 Å². The van der Waals surface area contributed by atoms with Gasteiger partial charge in [0.2, 0.25) is 5.78 Å². The smallest absolute Gasteiger partial charge is 0.291 e. The minimum Gasteiger partial charge on any atom is -0.494 e. The Balaban J connectivity index is 1.63.